The first-order valence-electron chi connectivity index (χ1n) is 4.05. The molecule has 0 aliphatic heterocycles. The Morgan fingerprint density at radius 3 is 2.83 bits per heavy atom. The van der Waals surface area contributed by atoms with Gasteiger partial charge in [0, 0.05) is 12.6 Å². The highest BCUT2D eigenvalue weighted by Crippen LogP contribution is 2.08. The van der Waals surface area contributed by atoms with E-state index in [0.717, 1.165) is 5.69 Å². The van der Waals surface area contributed by atoms with E-state index in [1.54, 1.807) is 0 Å². The highest BCUT2D eigenvalue weighted by atomic mass is 16.5. The summed E-state index contributed by atoms with van der Waals surface area (Å²) < 4.78 is 5.39. The second-order valence-corrected chi connectivity index (χ2v) is 2.84. The van der Waals surface area contributed by atoms with Crippen LogP contribution in [0, 0.1) is 0 Å². The Bertz CT molecular complexity index is 248. The first-order chi connectivity index (χ1) is 5.72. The van der Waals surface area contributed by atoms with Gasteiger partial charge in [-0.05, 0) is 19.9 Å². The molecule has 0 fully saturated rings. The van der Waals surface area contributed by atoms with E-state index in [1.807, 2.05) is 32.0 Å². The molecule has 2 N–H and O–H groups in total. The molecule has 66 valence electrons. The summed E-state index contributed by atoms with van der Waals surface area (Å²) in [5.74, 6) is 0.646. The lowest BCUT2D eigenvalue weighted by Crippen LogP contribution is -2.08. The molecule has 0 aromatic carbocycles. The van der Waals surface area contributed by atoms with E-state index in [9.17, 15) is 0 Å². The Balaban J connectivity index is 2.72. The molecule has 0 atom stereocenters. The van der Waals surface area contributed by atoms with Crippen molar-refractivity contribution in [2.45, 2.75) is 26.5 Å². The molecule has 0 aliphatic carbocycles. The van der Waals surface area contributed by atoms with Gasteiger partial charge in [-0.3, -0.25) is 0 Å². The third kappa shape index (κ3) is 2.51. The summed E-state index contributed by atoms with van der Waals surface area (Å²) >= 11 is 0. The van der Waals surface area contributed by atoms with Crippen LogP contribution in [0.4, 0.5) is 0 Å². The van der Waals surface area contributed by atoms with Crippen LogP contribution >= 0.6 is 0 Å². The third-order valence-corrected chi connectivity index (χ3v) is 1.35. The second kappa shape index (κ2) is 4.07. The minimum absolute atomic E-state index is 0.158. The summed E-state index contributed by atoms with van der Waals surface area (Å²) in [4.78, 5) is 4.18. The maximum atomic E-state index is 5.43. The van der Waals surface area contributed by atoms with Crippen LogP contribution in [0.5, 0.6) is 5.88 Å². The fraction of sp³-hybridized carbons (Fsp3) is 0.444. The largest absolute Gasteiger partial charge is 0.475 e. The minimum atomic E-state index is 0.158. The zero-order valence-corrected chi connectivity index (χ0v) is 7.45. The number of hydrogen-bond acceptors (Lipinski definition) is 3. The molecule has 1 heterocycles. The number of ether oxygens (including phenoxy) is 1. The van der Waals surface area contributed by atoms with E-state index in [2.05, 4.69) is 4.98 Å². The van der Waals surface area contributed by atoms with Crippen molar-refractivity contribution in [3.05, 3.63) is 23.9 Å². The molecule has 0 saturated heterocycles. The van der Waals surface area contributed by atoms with Gasteiger partial charge < -0.3 is 10.5 Å². The molecule has 1 aromatic heterocycles. The van der Waals surface area contributed by atoms with Crippen molar-refractivity contribution in [2.75, 3.05) is 0 Å². The summed E-state index contributed by atoms with van der Waals surface area (Å²) in [6.07, 6.45) is 0.158. The average Bonchev–Trinajstić information content (AvgIpc) is 2.03. The second-order valence-electron chi connectivity index (χ2n) is 2.84. The van der Waals surface area contributed by atoms with Gasteiger partial charge in [0.1, 0.15) is 0 Å². The molecule has 0 bridgehead atoms. The highest BCUT2D eigenvalue weighted by molar-refractivity contribution is 5.15. The predicted molar refractivity (Wildman–Crippen MR) is 47.9 cm³/mol. The zero-order valence-electron chi connectivity index (χ0n) is 7.45. The Morgan fingerprint density at radius 2 is 2.25 bits per heavy atom. The molecule has 0 spiro atoms. The van der Waals surface area contributed by atoms with Gasteiger partial charge in [-0.1, -0.05) is 6.07 Å². The van der Waals surface area contributed by atoms with Crippen molar-refractivity contribution in [3.63, 3.8) is 0 Å². The van der Waals surface area contributed by atoms with Crippen molar-refractivity contribution >= 4 is 0 Å². The van der Waals surface area contributed by atoms with E-state index in [4.69, 9.17) is 10.5 Å². The zero-order chi connectivity index (χ0) is 8.97. The van der Waals surface area contributed by atoms with Crippen molar-refractivity contribution in [1.29, 1.82) is 0 Å². The van der Waals surface area contributed by atoms with Crippen molar-refractivity contribution < 1.29 is 4.74 Å². The molecule has 0 unspecified atom stereocenters. The van der Waals surface area contributed by atoms with Gasteiger partial charge in [0.2, 0.25) is 5.88 Å². The van der Waals surface area contributed by atoms with Crippen LogP contribution in [-0.4, -0.2) is 11.1 Å². The van der Waals surface area contributed by atoms with Crippen LogP contribution in [-0.2, 0) is 6.54 Å². The Kier molecular flexibility index (Phi) is 3.05. The predicted octanol–water partition coefficient (Wildman–Crippen LogP) is 1.33. The van der Waals surface area contributed by atoms with Crippen LogP contribution in [0.2, 0.25) is 0 Å². The first kappa shape index (κ1) is 9.00. The molecule has 1 aromatic rings. The molecule has 3 nitrogen and oxygen atoms in total. The van der Waals surface area contributed by atoms with Gasteiger partial charge in [-0.2, -0.15) is 0 Å². The first-order valence-corrected chi connectivity index (χ1v) is 4.05. The average molecular weight is 166 g/mol. The highest BCUT2D eigenvalue weighted by Gasteiger charge is 1.98. The SMILES string of the molecule is CC(C)Oc1cccc(CN)n1. The van der Waals surface area contributed by atoms with Gasteiger partial charge in [0.15, 0.2) is 0 Å². The lowest BCUT2D eigenvalue weighted by Gasteiger charge is -2.08. The van der Waals surface area contributed by atoms with Gasteiger partial charge in [-0.15, -0.1) is 0 Å². The van der Waals surface area contributed by atoms with Gasteiger partial charge in [0.25, 0.3) is 0 Å². The standard InChI is InChI=1S/C9H14N2O/c1-7(2)12-9-5-3-4-8(6-10)11-9/h3-5,7H,6,10H2,1-2H3. The number of nitrogens with zero attached hydrogens (tertiary/aromatic N) is 1. The van der Waals surface area contributed by atoms with Crippen molar-refractivity contribution in [2.24, 2.45) is 5.73 Å². The molecule has 0 radical (unpaired) electrons. The van der Waals surface area contributed by atoms with Crippen LogP contribution < -0.4 is 10.5 Å². The third-order valence-electron chi connectivity index (χ3n) is 1.35. The van der Waals surface area contributed by atoms with Crippen LogP contribution in [0.15, 0.2) is 18.2 Å². The molecule has 0 amide bonds. The number of nitrogens with two attached hydrogens (primary N) is 1. The molecular formula is C9H14N2O. The molecular weight excluding hydrogens is 152 g/mol. The fourth-order valence-electron chi connectivity index (χ4n) is 0.878. The number of hydrogen-bond donors (Lipinski definition) is 1. The summed E-state index contributed by atoms with van der Waals surface area (Å²) in [7, 11) is 0. The molecule has 0 aliphatic rings. The number of pyridine rings is 1. The van der Waals surface area contributed by atoms with Crippen LogP contribution in [0.25, 0.3) is 0 Å². The number of aromatic nitrogens is 1. The van der Waals surface area contributed by atoms with Crippen molar-refractivity contribution in [1.82, 2.24) is 4.98 Å². The van der Waals surface area contributed by atoms with E-state index >= 15 is 0 Å². The van der Waals surface area contributed by atoms with Crippen LogP contribution in [0.1, 0.15) is 19.5 Å². The monoisotopic (exact) mass is 166 g/mol. The van der Waals surface area contributed by atoms with Crippen molar-refractivity contribution in [3.8, 4) is 5.88 Å². The quantitative estimate of drug-likeness (QED) is 0.736. The fourth-order valence-corrected chi connectivity index (χ4v) is 0.878. The topological polar surface area (TPSA) is 48.1 Å². The summed E-state index contributed by atoms with van der Waals surface area (Å²) in [5.41, 5.74) is 6.29. The van der Waals surface area contributed by atoms with E-state index < -0.39 is 0 Å². The van der Waals surface area contributed by atoms with Gasteiger partial charge >= 0.3 is 0 Å². The summed E-state index contributed by atoms with van der Waals surface area (Å²) in [6.45, 7) is 4.39. The lowest BCUT2D eigenvalue weighted by atomic mass is 10.3. The smallest absolute Gasteiger partial charge is 0.213 e. The molecule has 3 heteroatoms. The summed E-state index contributed by atoms with van der Waals surface area (Å²) in [6, 6.07) is 5.61. The normalized spacial score (nSPS) is 10.3. The van der Waals surface area contributed by atoms with E-state index in [0.29, 0.717) is 12.4 Å². The minimum Gasteiger partial charge on any atom is -0.475 e. The maximum absolute atomic E-state index is 5.43. The lowest BCUT2D eigenvalue weighted by molar-refractivity contribution is 0.232. The molecule has 0 saturated carbocycles. The van der Waals surface area contributed by atoms with Gasteiger partial charge in [-0.25, -0.2) is 4.98 Å². The Morgan fingerprint density at radius 1 is 1.50 bits per heavy atom. The maximum Gasteiger partial charge on any atom is 0.213 e. The van der Waals surface area contributed by atoms with Crippen LogP contribution in [0.3, 0.4) is 0 Å². The summed E-state index contributed by atoms with van der Waals surface area (Å²) in [5, 5.41) is 0. The molecule has 1 rings (SSSR count). The Labute approximate surface area is 72.6 Å². The van der Waals surface area contributed by atoms with E-state index in [-0.39, 0.29) is 6.10 Å². The number of rotatable bonds is 3. The van der Waals surface area contributed by atoms with E-state index in [1.165, 1.54) is 0 Å². The molecule has 12 heavy (non-hydrogen) atoms. The van der Waals surface area contributed by atoms with Gasteiger partial charge in [0.05, 0.1) is 11.8 Å². The Hall–Kier alpha value is -1.09.